The molecule has 0 aromatic heterocycles. The first kappa shape index (κ1) is 20.4. The lowest BCUT2D eigenvalue weighted by Gasteiger charge is -2.25. The Labute approximate surface area is 168 Å². The van der Waals surface area contributed by atoms with E-state index in [1.165, 1.54) is 24.1 Å². The van der Waals surface area contributed by atoms with Gasteiger partial charge >= 0.3 is 0 Å². The average Bonchev–Trinajstić information content (AvgIpc) is 2.99. The molecular formula is C22H23NO6. The van der Waals surface area contributed by atoms with Crippen LogP contribution in [0.15, 0.2) is 54.1 Å². The summed E-state index contributed by atoms with van der Waals surface area (Å²) in [6.07, 6.45) is 0.539. The summed E-state index contributed by atoms with van der Waals surface area (Å²) >= 11 is 0. The summed E-state index contributed by atoms with van der Waals surface area (Å²) in [5.41, 5.74) is 0.998. The van der Waals surface area contributed by atoms with E-state index in [9.17, 15) is 19.8 Å². The second-order valence-corrected chi connectivity index (χ2v) is 6.66. The molecule has 1 unspecified atom stereocenters. The number of hydrogen-bond donors (Lipinski definition) is 2. The molecule has 152 valence electrons. The Kier molecular flexibility index (Phi) is 6.19. The molecule has 29 heavy (non-hydrogen) atoms. The molecule has 1 heterocycles. The minimum Gasteiger partial charge on any atom is -0.508 e. The first-order valence-corrected chi connectivity index (χ1v) is 9.18. The van der Waals surface area contributed by atoms with E-state index < -0.39 is 17.7 Å². The van der Waals surface area contributed by atoms with E-state index in [4.69, 9.17) is 9.47 Å². The van der Waals surface area contributed by atoms with Crippen LogP contribution in [-0.2, 0) is 14.3 Å². The van der Waals surface area contributed by atoms with E-state index in [1.807, 2.05) is 0 Å². The van der Waals surface area contributed by atoms with E-state index in [0.717, 1.165) is 0 Å². The van der Waals surface area contributed by atoms with Crippen LogP contribution < -0.4 is 4.74 Å². The maximum Gasteiger partial charge on any atom is 0.295 e. The van der Waals surface area contributed by atoms with Crippen LogP contribution in [0.2, 0.25) is 0 Å². The zero-order valence-corrected chi connectivity index (χ0v) is 16.3. The molecule has 0 aliphatic carbocycles. The van der Waals surface area contributed by atoms with Crippen LogP contribution in [0, 0.1) is 0 Å². The molecule has 2 N–H and O–H groups in total. The van der Waals surface area contributed by atoms with E-state index in [0.29, 0.717) is 36.4 Å². The minimum absolute atomic E-state index is 0.00589. The molecule has 0 saturated carbocycles. The lowest BCUT2D eigenvalue weighted by Crippen LogP contribution is -2.31. The SMILES string of the molecule is COCCCN1C(=O)C(=O)C(=C(O)c2cccc(OC)c2)C1c1ccc(O)cc1. The normalized spacial score (nSPS) is 18.3. The highest BCUT2D eigenvalue weighted by Crippen LogP contribution is 2.40. The highest BCUT2D eigenvalue weighted by molar-refractivity contribution is 6.46. The topological polar surface area (TPSA) is 96.3 Å². The van der Waals surface area contributed by atoms with E-state index in [-0.39, 0.29) is 17.1 Å². The van der Waals surface area contributed by atoms with Gasteiger partial charge in [-0.2, -0.15) is 0 Å². The third-order valence-electron chi connectivity index (χ3n) is 4.84. The fourth-order valence-electron chi connectivity index (χ4n) is 3.42. The van der Waals surface area contributed by atoms with Crippen molar-refractivity contribution in [1.82, 2.24) is 4.90 Å². The number of rotatable bonds is 7. The monoisotopic (exact) mass is 397 g/mol. The van der Waals surface area contributed by atoms with Gasteiger partial charge in [0.25, 0.3) is 11.7 Å². The minimum atomic E-state index is -0.765. The smallest absolute Gasteiger partial charge is 0.295 e. The highest BCUT2D eigenvalue weighted by Gasteiger charge is 2.45. The van der Waals surface area contributed by atoms with Crippen LogP contribution in [0.1, 0.15) is 23.6 Å². The van der Waals surface area contributed by atoms with Gasteiger partial charge in [0, 0.05) is 25.8 Å². The Balaban J connectivity index is 2.12. The Hall–Kier alpha value is -3.32. The quantitative estimate of drug-likeness (QED) is 0.323. The molecule has 7 heteroatoms. The molecule has 2 aromatic rings. The van der Waals surface area contributed by atoms with Crippen molar-refractivity contribution in [1.29, 1.82) is 0 Å². The number of likely N-dealkylation sites (tertiary alicyclic amines) is 1. The Morgan fingerprint density at radius 2 is 1.83 bits per heavy atom. The van der Waals surface area contributed by atoms with Gasteiger partial charge in [-0.15, -0.1) is 0 Å². The molecule has 1 amide bonds. The van der Waals surface area contributed by atoms with Crippen molar-refractivity contribution in [3.63, 3.8) is 0 Å². The third-order valence-corrected chi connectivity index (χ3v) is 4.84. The van der Waals surface area contributed by atoms with Crippen molar-refractivity contribution in [2.75, 3.05) is 27.4 Å². The van der Waals surface area contributed by atoms with E-state index in [1.54, 1.807) is 43.5 Å². The Morgan fingerprint density at radius 1 is 1.10 bits per heavy atom. The Bertz CT molecular complexity index is 935. The highest BCUT2D eigenvalue weighted by atomic mass is 16.5. The van der Waals surface area contributed by atoms with Crippen LogP contribution in [0.25, 0.3) is 5.76 Å². The fourth-order valence-corrected chi connectivity index (χ4v) is 3.42. The number of phenols is 1. The van der Waals surface area contributed by atoms with Crippen LogP contribution in [-0.4, -0.2) is 54.2 Å². The second-order valence-electron chi connectivity index (χ2n) is 6.66. The maximum absolute atomic E-state index is 12.8. The van der Waals surface area contributed by atoms with Crippen molar-refractivity contribution < 1.29 is 29.3 Å². The van der Waals surface area contributed by atoms with Crippen molar-refractivity contribution in [3.05, 3.63) is 65.2 Å². The number of phenolic OH excluding ortho intramolecular Hbond substituents is 1. The van der Waals surface area contributed by atoms with Gasteiger partial charge in [0.1, 0.15) is 17.3 Å². The van der Waals surface area contributed by atoms with Gasteiger partial charge in [0.05, 0.1) is 18.7 Å². The van der Waals surface area contributed by atoms with Crippen LogP contribution in [0.5, 0.6) is 11.5 Å². The molecule has 0 spiro atoms. The van der Waals surface area contributed by atoms with Gasteiger partial charge in [-0.1, -0.05) is 24.3 Å². The van der Waals surface area contributed by atoms with Gasteiger partial charge in [0.15, 0.2) is 0 Å². The summed E-state index contributed by atoms with van der Waals surface area (Å²) in [7, 11) is 3.07. The first-order chi connectivity index (χ1) is 14.0. The summed E-state index contributed by atoms with van der Waals surface area (Å²) in [5.74, 6) is -1.11. The number of carbonyl (C=O) groups is 2. The predicted molar refractivity (Wildman–Crippen MR) is 107 cm³/mol. The number of aromatic hydroxyl groups is 1. The van der Waals surface area contributed by atoms with Gasteiger partial charge in [-0.25, -0.2) is 0 Å². The van der Waals surface area contributed by atoms with Gasteiger partial charge in [-0.05, 0) is 36.2 Å². The molecule has 1 fully saturated rings. The number of ketones is 1. The van der Waals surface area contributed by atoms with Crippen molar-refractivity contribution in [2.45, 2.75) is 12.5 Å². The molecule has 2 aromatic carbocycles. The third kappa shape index (κ3) is 4.09. The maximum atomic E-state index is 12.8. The standard InChI is InChI=1S/C22H23NO6/c1-28-12-4-11-23-19(14-7-9-16(24)10-8-14)18(21(26)22(23)27)20(25)15-5-3-6-17(13-15)29-2/h3,5-10,13,19,24-25H,4,11-12H2,1-2H3. The van der Waals surface area contributed by atoms with E-state index in [2.05, 4.69) is 0 Å². The van der Waals surface area contributed by atoms with Crippen LogP contribution >= 0.6 is 0 Å². The lowest BCUT2D eigenvalue weighted by atomic mass is 9.95. The molecule has 0 bridgehead atoms. The largest absolute Gasteiger partial charge is 0.508 e. The fraction of sp³-hybridized carbons (Fsp3) is 0.273. The van der Waals surface area contributed by atoms with Gasteiger partial charge < -0.3 is 24.6 Å². The number of amides is 1. The van der Waals surface area contributed by atoms with Crippen molar-refractivity contribution in [3.8, 4) is 11.5 Å². The van der Waals surface area contributed by atoms with Crippen LogP contribution in [0.4, 0.5) is 0 Å². The van der Waals surface area contributed by atoms with Gasteiger partial charge in [0.2, 0.25) is 0 Å². The molecule has 0 radical (unpaired) electrons. The second kappa shape index (κ2) is 8.79. The molecule has 1 aliphatic rings. The number of Topliss-reactive ketones (excluding diaryl/α,β-unsaturated/α-hetero) is 1. The summed E-state index contributed by atoms with van der Waals surface area (Å²) in [6.45, 7) is 0.722. The summed E-state index contributed by atoms with van der Waals surface area (Å²) in [5, 5.41) is 20.6. The Morgan fingerprint density at radius 3 is 2.48 bits per heavy atom. The molecule has 1 saturated heterocycles. The zero-order chi connectivity index (χ0) is 21.0. The first-order valence-electron chi connectivity index (χ1n) is 9.18. The summed E-state index contributed by atoms with van der Waals surface area (Å²) in [6, 6.07) is 12.1. The molecule has 3 rings (SSSR count). The zero-order valence-electron chi connectivity index (χ0n) is 16.3. The molecule has 1 atom stereocenters. The lowest BCUT2D eigenvalue weighted by molar-refractivity contribution is -0.140. The molecular weight excluding hydrogens is 374 g/mol. The number of benzene rings is 2. The number of ether oxygens (including phenoxy) is 2. The number of methoxy groups -OCH3 is 2. The van der Waals surface area contributed by atoms with Crippen molar-refractivity contribution in [2.24, 2.45) is 0 Å². The van der Waals surface area contributed by atoms with E-state index >= 15 is 0 Å². The number of nitrogens with zero attached hydrogens (tertiary/aromatic N) is 1. The number of aliphatic hydroxyl groups is 1. The summed E-state index contributed by atoms with van der Waals surface area (Å²) < 4.78 is 10.2. The van der Waals surface area contributed by atoms with Crippen molar-refractivity contribution >= 4 is 17.4 Å². The number of hydrogen-bond acceptors (Lipinski definition) is 6. The number of carbonyl (C=O) groups excluding carboxylic acids is 2. The molecule has 1 aliphatic heterocycles. The summed E-state index contributed by atoms with van der Waals surface area (Å²) in [4.78, 5) is 27.0. The number of aliphatic hydroxyl groups excluding tert-OH is 1. The van der Waals surface area contributed by atoms with Crippen LogP contribution in [0.3, 0.4) is 0 Å². The van der Waals surface area contributed by atoms with Gasteiger partial charge in [-0.3, -0.25) is 9.59 Å². The molecule has 7 nitrogen and oxygen atoms in total. The predicted octanol–water partition coefficient (Wildman–Crippen LogP) is 2.86. The average molecular weight is 397 g/mol.